The maximum atomic E-state index is 12.6. The van der Waals surface area contributed by atoms with Crippen molar-refractivity contribution >= 4 is 23.3 Å². The van der Waals surface area contributed by atoms with E-state index in [1.54, 1.807) is 24.2 Å². The average Bonchev–Trinajstić information content (AvgIpc) is 3.16. The maximum absolute atomic E-state index is 12.6. The number of amides is 3. The van der Waals surface area contributed by atoms with E-state index in [1.165, 1.54) is 6.92 Å². The molecule has 1 fully saturated rings. The van der Waals surface area contributed by atoms with Crippen LogP contribution < -0.4 is 10.2 Å². The lowest BCUT2D eigenvalue weighted by molar-refractivity contribution is -0.116. The summed E-state index contributed by atoms with van der Waals surface area (Å²) < 4.78 is 0. The monoisotopic (exact) mass is 341 g/mol. The van der Waals surface area contributed by atoms with Gasteiger partial charge in [-0.1, -0.05) is 6.07 Å². The van der Waals surface area contributed by atoms with E-state index in [1.807, 2.05) is 29.3 Å². The first-order valence-electron chi connectivity index (χ1n) is 8.44. The first-order chi connectivity index (χ1) is 12.0. The summed E-state index contributed by atoms with van der Waals surface area (Å²) in [5.74, 6) is 1.12. The molecule has 2 N–H and O–H groups in total. The van der Waals surface area contributed by atoms with E-state index in [0.29, 0.717) is 12.2 Å². The van der Waals surface area contributed by atoms with Gasteiger partial charge in [-0.3, -0.25) is 4.79 Å². The Labute approximate surface area is 147 Å². The van der Waals surface area contributed by atoms with Gasteiger partial charge in [0.1, 0.15) is 5.82 Å². The molecule has 1 saturated heterocycles. The molecule has 2 heterocycles. The lowest BCUT2D eigenvalue weighted by atomic mass is 9.98. The third-order valence-electron chi connectivity index (χ3n) is 4.57. The van der Waals surface area contributed by atoms with Gasteiger partial charge in [-0.2, -0.15) is 0 Å². The third kappa shape index (κ3) is 3.99. The summed E-state index contributed by atoms with van der Waals surface area (Å²) in [7, 11) is 1.71. The molecule has 25 heavy (non-hydrogen) atoms. The zero-order chi connectivity index (χ0) is 17.8. The molecule has 3 amide bonds. The van der Waals surface area contributed by atoms with E-state index in [9.17, 15) is 9.59 Å². The Morgan fingerprint density at radius 3 is 2.96 bits per heavy atom. The molecule has 0 saturated carbocycles. The zero-order valence-electron chi connectivity index (χ0n) is 14.5. The van der Waals surface area contributed by atoms with Gasteiger partial charge in [-0.25, -0.2) is 9.78 Å². The number of rotatable bonds is 3. The van der Waals surface area contributed by atoms with Crippen LogP contribution in [0.15, 0.2) is 36.7 Å². The van der Waals surface area contributed by atoms with Gasteiger partial charge >= 0.3 is 6.03 Å². The first-order valence-corrected chi connectivity index (χ1v) is 8.44. The van der Waals surface area contributed by atoms with Gasteiger partial charge in [-0.15, -0.1) is 0 Å². The van der Waals surface area contributed by atoms with Crippen LogP contribution in [-0.4, -0.2) is 46.9 Å². The van der Waals surface area contributed by atoms with Gasteiger partial charge in [0.25, 0.3) is 0 Å². The van der Waals surface area contributed by atoms with Crippen LogP contribution in [0.5, 0.6) is 0 Å². The van der Waals surface area contributed by atoms with Gasteiger partial charge in [0, 0.05) is 56.7 Å². The molecule has 0 aliphatic carbocycles. The van der Waals surface area contributed by atoms with Crippen LogP contribution in [0.25, 0.3) is 0 Å². The summed E-state index contributed by atoms with van der Waals surface area (Å²) in [5.41, 5.74) is 1.42. The second kappa shape index (κ2) is 7.38. The molecule has 0 unspecified atom stereocenters. The molecule has 0 bridgehead atoms. The fourth-order valence-electron chi connectivity index (χ4n) is 3.06. The number of likely N-dealkylation sites (tertiary alicyclic amines) is 1. The number of carbonyl (C=O) groups is 2. The highest BCUT2D eigenvalue weighted by atomic mass is 16.2. The number of imidazole rings is 1. The van der Waals surface area contributed by atoms with Crippen molar-refractivity contribution in [1.82, 2.24) is 14.9 Å². The molecule has 0 spiro atoms. The Balaban J connectivity index is 1.66. The Hall–Kier alpha value is -2.83. The molecule has 1 aliphatic heterocycles. The highest BCUT2D eigenvalue weighted by molar-refractivity contribution is 5.93. The average molecular weight is 341 g/mol. The minimum Gasteiger partial charge on any atom is -0.348 e. The van der Waals surface area contributed by atoms with E-state index in [-0.39, 0.29) is 17.9 Å². The number of aromatic nitrogens is 2. The molecule has 1 aliphatic rings. The molecular formula is C18H23N5O2. The summed E-state index contributed by atoms with van der Waals surface area (Å²) in [5, 5.41) is 2.93. The van der Waals surface area contributed by atoms with Crippen LogP contribution in [0, 0.1) is 0 Å². The summed E-state index contributed by atoms with van der Waals surface area (Å²) in [6.07, 6.45) is 5.53. The van der Waals surface area contributed by atoms with Crippen molar-refractivity contribution in [2.24, 2.45) is 0 Å². The molecule has 1 aromatic heterocycles. The summed E-state index contributed by atoms with van der Waals surface area (Å²) in [4.78, 5) is 34.9. The second-order valence-electron chi connectivity index (χ2n) is 6.32. The molecular weight excluding hydrogens is 318 g/mol. The van der Waals surface area contributed by atoms with E-state index in [4.69, 9.17) is 0 Å². The second-order valence-corrected chi connectivity index (χ2v) is 6.32. The normalized spacial score (nSPS) is 17.2. The van der Waals surface area contributed by atoms with E-state index in [2.05, 4.69) is 15.3 Å². The SMILES string of the molecule is CC(=O)N(C)c1cccc(NC(=O)N2CCC[C@H](c3ncc[nH]3)C2)c1. The molecule has 0 radical (unpaired) electrons. The number of aromatic amines is 1. The summed E-state index contributed by atoms with van der Waals surface area (Å²) in [6.45, 7) is 2.89. The standard InChI is InChI=1S/C18H23N5O2/c1-13(24)22(2)16-7-3-6-15(11-16)21-18(25)23-10-4-5-14(12-23)17-19-8-9-20-17/h3,6-9,11,14H,4-5,10,12H2,1-2H3,(H,19,20)(H,21,25)/t14-/m0/s1. The lowest BCUT2D eigenvalue weighted by Crippen LogP contribution is -2.41. The maximum Gasteiger partial charge on any atom is 0.321 e. The number of H-pyrrole nitrogens is 1. The van der Waals surface area contributed by atoms with Crippen LogP contribution in [-0.2, 0) is 4.79 Å². The van der Waals surface area contributed by atoms with Crippen molar-refractivity contribution in [2.45, 2.75) is 25.7 Å². The predicted molar refractivity (Wildman–Crippen MR) is 96.7 cm³/mol. The molecule has 132 valence electrons. The Morgan fingerprint density at radius 1 is 1.40 bits per heavy atom. The predicted octanol–water partition coefficient (Wildman–Crippen LogP) is 2.80. The smallest absolute Gasteiger partial charge is 0.321 e. The number of nitrogens with one attached hydrogen (secondary N) is 2. The van der Waals surface area contributed by atoms with E-state index < -0.39 is 0 Å². The molecule has 3 rings (SSSR count). The van der Waals surface area contributed by atoms with Gasteiger partial charge in [-0.05, 0) is 31.0 Å². The Morgan fingerprint density at radius 2 is 2.24 bits per heavy atom. The zero-order valence-corrected chi connectivity index (χ0v) is 14.5. The van der Waals surface area contributed by atoms with Crippen LogP contribution in [0.4, 0.5) is 16.2 Å². The van der Waals surface area contributed by atoms with Crippen LogP contribution >= 0.6 is 0 Å². The highest BCUT2D eigenvalue weighted by Gasteiger charge is 2.26. The van der Waals surface area contributed by atoms with Crippen LogP contribution in [0.1, 0.15) is 31.5 Å². The molecule has 1 atom stereocenters. The fourth-order valence-corrected chi connectivity index (χ4v) is 3.06. The number of carbonyl (C=O) groups excluding carboxylic acids is 2. The summed E-state index contributed by atoms with van der Waals surface area (Å²) >= 11 is 0. The van der Waals surface area contributed by atoms with Crippen molar-refractivity contribution in [3.63, 3.8) is 0 Å². The molecule has 7 heteroatoms. The number of benzene rings is 1. The quantitative estimate of drug-likeness (QED) is 0.901. The number of hydrogen-bond acceptors (Lipinski definition) is 3. The van der Waals surface area contributed by atoms with Gasteiger partial charge in [0.2, 0.25) is 5.91 Å². The van der Waals surface area contributed by atoms with Crippen molar-refractivity contribution in [3.05, 3.63) is 42.5 Å². The van der Waals surface area contributed by atoms with Crippen molar-refractivity contribution < 1.29 is 9.59 Å². The van der Waals surface area contributed by atoms with E-state index >= 15 is 0 Å². The first kappa shape index (κ1) is 17.0. The van der Waals surface area contributed by atoms with Crippen LogP contribution in [0.2, 0.25) is 0 Å². The number of nitrogens with zero attached hydrogens (tertiary/aromatic N) is 3. The van der Waals surface area contributed by atoms with Crippen molar-refractivity contribution in [1.29, 1.82) is 0 Å². The van der Waals surface area contributed by atoms with Crippen LogP contribution in [0.3, 0.4) is 0 Å². The Kier molecular flexibility index (Phi) is 5.02. The highest BCUT2D eigenvalue weighted by Crippen LogP contribution is 2.25. The summed E-state index contributed by atoms with van der Waals surface area (Å²) in [6, 6.07) is 7.16. The van der Waals surface area contributed by atoms with Gasteiger partial charge < -0.3 is 20.1 Å². The van der Waals surface area contributed by atoms with Gasteiger partial charge in [0.05, 0.1) is 0 Å². The minimum absolute atomic E-state index is 0.0548. The molecule has 1 aromatic carbocycles. The lowest BCUT2D eigenvalue weighted by Gasteiger charge is -2.32. The number of urea groups is 1. The fraction of sp³-hybridized carbons (Fsp3) is 0.389. The topological polar surface area (TPSA) is 81.3 Å². The molecule has 2 aromatic rings. The number of hydrogen-bond donors (Lipinski definition) is 2. The Bertz CT molecular complexity index is 744. The minimum atomic E-state index is -0.126. The van der Waals surface area contributed by atoms with Crippen molar-refractivity contribution in [3.8, 4) is 0 Å². The molecule has 7 nitrogen and oxygen atoms in total. The third-order valence-corrected chi connectivity index (χ3v) is 4.57. The van der Waals surface area contributed by atoms with E-state index in [0.717, 1.165) is 30.9 Å². The van der Waals surface area contributed by atoms with Crippen molar-refractivity contribution in [2.75, 3.05) is 30.4 Å². The number of piperidine rings is 1. The van der Waals surface area contributed by atoms with Gasteiger partial charge in [0.15, 0.2) is 0 Å². The number of anilines is 2. The largest absolute Gasteiger partial charge is 0.348 e.